The molecule has 0 saturated heterocycles. The summed E-state index contributed by atoms with van der Waals surface area (Å²) in [5.41, 5.74) is 0.664. The second-order valence-electron chi connectivity index (χ2n) is 1.94. The maximum atomic E-state index is 8.47. The van der Waals surface area contributed by atoms with Gasteiger partial charge in [-0.2, -0.15) is 5.26 Å². The van der Waals surface area contributed by atoms with Crippen LogP contribution in [0.15, 0.2) is 8.61 Å². The van der Waals surface area contributed by atoms with Gasteiger partial charge in [0.1, 0.15) is 0 Å². The highest BCUT2D eigenvalue weighted by molar-refractivity contribution is 14.1. The van der Waals surface area contributed by atoms with E-state index in [1.54, 1.807) is 0 Å². The van der Waals surface area contributed by atoms with Crippen molar-refractivity contribution in [1.82, 2.24) is 0 Å². The molecule has 0 aromatic carbocycles. The van der Waals surface area contributed by atoms with Crippen molar-refractivity contribution in [1.29, 1.82) is 5.26 Å². The number of nitrogens with zero attached hydrogens (tertiary/aromatic N) is 1. The molecular weight excluding hydrogens is 248 g/mol. The molecule has 0 aliphatic rings. The van der Waals surface area contributed by atoms with Gasteiger partial charge < -0.3 is 0 Å². The second-order valence-corrected chi connectivity index (χ2v) is 4.03. The predicted octanol–water partition coefficient (Wildman–Crippen LogP) is 3.05. The zero-order chi connectivity index (χ0) is 7.44. The van der Waals surface area contributed by atoms with E-state index in [9.17, 15) is 0 Å². The van der Waals surface area contributed by atoms with Gasteiger partial charge in [-0.05, 0) is 28.5 Å². The molecule has 0 rings (SSSR count). The van der Waals surface area contributed by atoms with Crippen LogP contribution >= 0.6 is 34.2 Å². The molecule has 50 valence electrons. The van der Waals surface area contributed by atoms with Crippen molar-refractivity contribution in [3.63, 3.8) is 0 Å². The van der Waals surface area contributed by atoms with Crippen molar-refractivity contribution >= 4 is 34.2 Å². The van der Waals surface area contributed by atoms with E-state index in [0.717, 1.165) is 0 Å². The van der Waals surface area contributed by atoms with Crippen molar-refractivity contribution in [3.05, 3.63) is 8.61 Å². The molecule has 0 N–H and O–H groups in total. The molecule has 0 unspecified atom stereocenters. The molecule has 0 radical (unpaired) electrons. The Morgan fingerprint density at radius 2 is 2.11 bits per heavy atom. The van der Waals surface area contributed by atoms with Gasteiger partial charge in [-0.15, -0.1) is 0 Å². The average Bonchev–Trinajstić information content (AvgIpc) is 1.64. The Labute approximate surface area is 73.8 Å². The maximum Gasteiger partial charge on any atom is 0.0970 e. The van der Waals surface area contributed by atoms with Crippen LogP contribution in [0.4, 0.5) is 0 Å². The lowest BCUT2D eigenvalue weighted by atomic mass is 10.1. The van der Waals surface area contributed by atoms with Gasteiger partial charge in [0.2, 0.25) is 0 Å². The lowest BCUT2D eigenvalue weighted by molar-refractivity contribution is 0.797. The first-order chi connectivity index (χ1) is 4.09. The van der Waals surface area contributed by atoms with Crippen molar-refractivity contribution in [2.75, 3.05) is 0 Å². The van der Waals surface area contributed by atoms with Gasteiger partial charge in [0.05, 0.1) is 14.7 Å². The normalized spacial score (nSPS) is 12.9. The molecule has 0 fully saturated rings. The summed E-state index contributed by atoms with van der Waals surface area (Å²) in [6.45, 7) is 3.89. The lowest BCUT2D eigenvalue weighted by Crippen LogP contribution is -1.90. The van der Waals surface area contributed by atoms with E-state index in [1.165, 1.54) is 0 Å². The van der Waals surface area contributed by atoms with Gasteiger partial charge in [-0.25, -0.2) is 0 Å². The fourth-order valence-electron chi connectivity index (χ4n) is 0.390. The Morgan fingerprint density at radius 3 is 2.11 bits per heavy atom. The van der Waals surface area contributed by atoms with Crippen molar-refractivity contribution in [2.24, 2.45) is 5.92 Å². The van der Waals surface area contributed by atoms with Gasteiger partial charge in [-0.1, -0.05) is 25.4 Å². The van der Waals surface area contributed by atoms with Crippen LogP contribution in [0.1, 0.15) is 13.8 Å². The molecule has 0 aliphatic heterocycles. The highest BCUT2D eigenvalue weighted by Gasteiger charge is 2.04. The van der Waals surface area contributed by atoms with Gasteiger partial charge in [0.15, 0.2) is 0 Å². The molecule has 0 aliphatic carbocycles. The fraction of sp³-hybridized carbons (Fsp3) is 0.500. The van der Waals surface area contributed by atoms with E-state index in [1.807, 2.05) is 42.5 Å². The van der Waals surface area contributed by atoms with Crippen LogP contribution in [0.25, 0.3) is 0 Å². The molecule has 1 nitrogen and oxygen atoms in total. The summed E-state index contributed by atoms with van der Waals surface area (Å²) < 4.78 is 0.574. The fourth-order valence-corrected chi connectivity index (χ4v) is 1.39. The molecule has 3 heteroatoms. The molecule has 0 aromatic heterocycles. The van der Waals surface area contributed by atoms with Crippen LogP contribution in [-0.2, 0) is 0 Å². The highest BCUT2D eigenvalue weighted by Crippen LogP contribution is 2.22. The second kappa shape index (κ2) is 4.13. The van der Waals surface area contributed by atoms with Gasteiger partial charge >= 0.3 is 0 Å². The molecule has 0 heterocycles. The minimum absolute atomic E-state index is 0.236. The topological polar surface area (TPSA) is 23.8 Å². The number of hydrogen-bond acceptors (Lipinski definition) is 1. The van der Waals surface area contributed by atoms with E-state index in [0.29, 0.717) is 8.61 Å². The third-order valence-electron chi connectivity index (χ3n) is 0.901. The SMILES string of the molecule is CC(C)/C(C#N)=C(/Cl)I. The average molecular weight is 255 g/mol. The van der Waals surface area contributed by atoms with Crippen LogP contribution in [0.2, 0.25) is 0 Å². The quantitative estimate of drug-likeness (QED) is 0.522. The first-order valence-corrected chi connectivity index (χ1v) is 4.00. The van der Waals surface area contributed by atoms with Crippen molar-refractivity contribution in [2.45, 2.75) is 13.8 Å². The van der Waals surface area contributed by atoms with E-state index < -0.39 is 0 Å². The molecule has 0 amide bonds. The molecule has 0 spiro atoms. The molecule has 0 atom stereocenters. The zero-order valence-corrected chi connectivity index (χ0v) is 8.19. The number of halogens is 2. The number of hydrogen-bond donors (Lipinski definition) is 0. The monoisotopic (exact) mass is 255 g/mol. The van der Waals surface area contributed by atoms with Gasteiger partial charge in [-0.3, -0.25) is 0 Å². The van der Waals surface area contributed by atoms with Gasteiger partial charge in [0.25, 0.3) is 0 Å². The summed E-state index contributed by atoms with van der Waals surface area (Å²) in [6, 6.07) is 2.04. The first-order valence-electron chi connectivity index (χ1n) is 2.54. The van der Waals surface area contributed by atoms with E-state index in [2.05, 4.69) is 0 Å². The standard InChI is InChI=1S/C6H7ClIN/c1-4(2)5(3-9)6(7)8/h4H,1-2H3/b6-5-. The third-order valence-corrected chi connectivity index (χ3v) is 1.69. The number of rotatable bonds is 1. The smallest absolute Gasteiger partial charge is 0.0970 e. The molecular formula is C6H7ClIN. The highest BCUT2D eigenvalue weighted by atomic mass is 127. The van der Waals surface area contributed by atoms with Crippen LogP contribution in [-0.4, -0.2) is 0 Å². The van der Waals surface area contributed by atoms with Gasteiger partial charge in [0, 0.05) is 0 Å². The molecule has 0 saturated carbocycles. The maximum absolute atomic E-state index is 8.47. The Morgan fingerprint density at radius 1 is 1.67 bits per heavy atom. The largest absolute Gasteiger partial charge is 0.193 e. The molecule has 9 heavy (non-hydrogen) atoms. The predicted molar refractivity (Wildman–Crippen MR) is 47.4 cm³/mol. The summed E-state index contributed by atoms with van der Waals surface area (Å²) >= 11 is 7.52. The summed E-state index contributed by atoms with van der Waals surface area (Å²) in [6.07, 6.45) is 0. The van der Waals surface area contributed by atoms with Crippen LogP contribution in [0.3, 0.4) is 0 Å². The Kier molecular flexibility index (Phi) is 4.24. The lowest BCUT2D eigenvalue weighted by Gasteiger charge is -1.99. The Hall–Kier alpha value is 0.250. The zero-order valence-electron chi connectivity index (χ0n) is 5.28. The van der Waals surface area contributed by atoms with Crippen molar-refractivity contribution < 1.29 is 0 Å². The first kappa shape index (κ1) is 9.25. The Bertz CT molecular complexity index is 162. The summed E-state index contributed by atoms with van der Waals surface area (Å²) in [7, 11) is 0. The summed E-state index contributed by atoms with van der Waals surface area (Å²) in [5.74, 6) is 0.236. The summed E-state index contributed by atoms with van der Waals surface area (Å²) in [5, 5.41) is 8.47. The minimum atomic E-state index is 0.236. The van der Waals surface area contributed by atoms with E-state index in [4.69, 9.17) is 16.9 Å². The minimum Gasteiger partial charge on any atom is -0.193 e. The van der Waals surface area contributed by atoms with Crippen LogP contribution < -0.4 is 0 Å². The van der Waals surface area contributed by atoms with Crippen molar-refractivity contribution in [3.8, 4) is 6.07 Å². The number of nitriles is 1. The molecule has 0 bridgehead atoms. The van der Waals surface area contributed by atoms with Crippen LogP contribution in [0.5, 0.6) is 0 Å². The number of allylic oxidation sites excluding steroid dienone is 1. The Balaban J connectivity index is 4.41. The molecule has 0 aromatic rings. The summed E-state index contributed by atoms with van der Waals surface area (Å²) in [4.78, 5) is 0. The van der Waals surface area contributed by atoms with Crippen LogP contribution in [0, 0.1) is 17.2 Å². The third kappa shape index (κ3) is 3.07. The van der Waals surface area contributed by atoms with E-state index in [-0.39, 0.29) is 5.92 Å². The van der Waals surface area contributed by atoms with E-state index >= 15 is 0 Å².